The number of nitrogens with zero attached hydrogens (tertiary/aromatic N) is 2. The highest BCUT2D eigenvalue weighted by atomic mass is 16.7. The molecule has 1 spiro atoms. The molecule has 2 aromatic carbocycles. The molecule has 4 aliphatic rings. The van der Waals surface area contributed by atoms with Gasteiger partial charge in [-0.3, -0.25) is 19.8 Å². The lowest BCUT2D eigenvalue weighted by Crippen LogP contribution is -2.49. The van der Waals surface area contributed by atoms with E-state index >= 15 is 0 Å². The lowest BCUT2D eigenvalue weighted by atomic mass is 9.77. The number of carbonyl (C=O) groups is 2. The van der Waals surface area contributed by atoms with Crippen LogP contribution in [0, 0.1) is 10.1 Å². The average molecular weight is 667 g/mol. The number of fused-ring (bicyclic) bond motifs is 3. The lowest BCUT2D eigenvalue weighted by molar-refractivity contribution is -0.384. The number of methoxy groups -OCH3 is 1. The van der Waals surface area contributed by atoms with Gasteiger partial charge in [0.05, 0.1) is 35.5 Å². The van der Waals surface area contributed by atoms with Crippen molar-refractivity contribution < 1.29 is 48.4 Å². The monoisotopic (exact) mass is 666 g/mol. The average Bonchev–Trinajstić information content (AvgIpc) is 3.73. The highest BCUT2D eigenvalue weighted by Crippen LogP contribution is 2.55. The Morgan fingerprint density at radius 1 is 1.10 bits per heavy atom. The number of non-ortho nitro benzene ring substituents is 1. The van der Waals surface area contributed by atoms with Crippen LogP contribution in [0.4, 0.5) is 5.69 Å². The summed E-state index contributed by atoms with van der Waals surface area (Å²) in [5, 5.41) is 33.2. The Morgan fingerprint density at radius 2 is 1.83 bits per heavy atom. The normalized spacial score (nSPS) is 24.0. The Labute approximate surface area is 278 Å². The number of benzene rings is 2. The molecule has 0 bridgehead atoms. The van der Waals surface area contributed by atoms with Gasteiger partial charge in [0.2, 0.25) is 6.79 Å². The minimum absolute atomic E-state index is 0.102. The molecule has 6 rings (SSSR count). The van der Waals surface area contributed by atoms with Crippen molar-refractivity contribution in [3.8, 4) is 11.5 Å². The zero-order valence-electron chi connectivity index (χ0n) is 27.4. The molecule has 1 aliphatic carbocycles. The second-order valence-corrected chi connectivity index (χ2v) is 13.7. The fourth-order valence-corrected chi connectivity index (χ4v) is 7.56. The van der Waals surface area contributed by atoms with Crippen LogP contribution >= 0.6 is 0 Å². The van der Waals surface area contributed by atoms with Gasteiger partial charge in [0.25, 0.3) is 5.69 Å². The maximum atomic E-state index is 14.2. The van der Waals surface area contributed by atoms with E-state index in [0.29, 0.717) is 22.8 Å². The van der Waals surface area contributed by atoms with E-state index in [9.17, 15) is 29.9 Å². The predicted molar refractivity (Wildman–Crippen MR) is 170 cm³/mol. The van der Waals surface area contributed by atoms with Gasteiger partial charge >= 0.3 is 11.9 Å². The van der Waals surface area contributed by atoms with Crippen LogP contribution < -0.4 is 9.47 Å². The zero-order chi connectivity index (χ0) is 34.3. The molecule has 13 heteroatoms. The van der Waals surface area contributed by atoms with E-state index in [0.717, 1.165) is 43.5 Å². The van der Waals surface area contributed by atoms with Crippen molar-refractivity contribution in [3.05, 3.63) is 75.0 Å². The van der Waals surface area contributed by atoms with E-state index < -0.39 is 46.1 Å². The number of nitro benzene ring substituents is 1. The molecule has 0 amide bonds. The number of nitro groups is 1. The van der Waals surface area contributed by atoms with Crippen molar-refractivity contribution in [2.75, 3.05) is 27.0 Å². The number of rotatable bonds is 12. The molecule has 1 fully saturated rings. The molecule has 2 aromatic rings. The van der Waals surface area contributed by atoms with E-state index in [1.807, 2.05) is 18.2 Å². The summed E-state index contributed by atoms with van der Waals surface area (Å²) in [5.74, 6) is -0.469. The summed E-state index contributed by atoms with van der Waals surface area (Å²) in [5.41, 5.74) is -1.41. The molecule has 2 unspecified atom stereocenters. The van der Waals surface area contributed by atoms with Crippen LogP contribution in [0.25, 0.3) is 0 Å². The SMILES string of the molecule is COC1=CC23CCCN2CCc2cc4c(cc2[C@@H]3C1OC(=O)[C@@](O)(CCCC(C)(C)O)CC(=O)OCc1ccc([N+](=O)[O-])cc1)OCO4. The molecule has 48 heavy (non-hydrogen) atoms. The summed E-state index contributed by atoms with van der Waals surface area (Å²) in [6.45, 7) is 4.82. The van der Waals surface area contributed by atoms with Crippen molar-refractivity contribution in [2.24, 2.45) is 0 Å². The van der Waals surface area contributed by atoms with Crippen molar-refractivity contribution in [1.29, 1.82) is 0 Å². The van der Waals surface area contributed by atoms with Gasteiger partial charge in [-0.15, -0.1) is 0 Å². The Kier molecular flexibility index (Phi) is 9.14. The maximum Gasteiger partial charge on any atom is 0.339 e. The summed E-state index contributed by atoms with van der Waals surface area (Å²) >= 11 is 0. The Morgan fingerprint density at radius 3 is 2.52 bits per heavy atom. The molecule has 0 radical (unpaired) electrons. The number of hydrogen-bond acceptors (Lipinski definition) is 12. The first-order chi connectivity index (χ1) is 22.8. The van der Waals surface area contributed by atoms with Gasteiger partial charge in [0, 0.05) is 18.7 Å². The van der Waals surface area contributed by atoms with Crippen LogP contribution in [0.1, 0.15) is 75.0 Å². The topological polar surface area (TPSA) is 167 Å². The van der Waals surface area contributed by atoms with Crippen LogP contribution in [0.5, 0.6) is 11.5 Å². The fraction of sp³-hybridized carbons (Fsp3) is 0.543. The van der Waals surface area contributed by atoms with Crippen LogP contribution in [-0.4, -0.2) is 81.8 Å². The minimum atomic E-state index is -2.27. The molecule has 258 valence electrons. The first-order valence-corrected chi connectivity index (χ1v) is 16.3. The van der Waals surface area contributed by atoms with Crippen LogP contribution in [-0.2, 0) is 36.8 Å². The van der Waals surface area contributed by atoms with Gasteiger partial charge < -0.3 is 33.9 Å². The van der Waals surface area contributed by atoms with Crippen molar-refractivity contribution in [3.63, 3.8) is 0 Å². The van der Waals surface area contributed by atoms with E-state index in [1.54, 1.807) is 13.8 Å². The van der Waals surface area contributed by atoms with Gasteiger partial charge in [-0.05, 0) is 106 Å². The molecule has 0 saturated carbocycles. The lowest BCUT2D eigenvalue weighted by Gasteiger charge is -2.39. The van der Waals surface area contributed by atoms with Crippen molar-refractivity contribution in [1.82, 2.24) is 4.90 Å². The second kappa shape index (κ2) is 13.0. The Hall–Kier alpha value is -4.20. The molecular formula is C35H42N2O11. The molecule has 13 nitrogen and oxygen atoms in total. The van der Waals surface area contributed by atoms with Gasteiger partial charge in [0.1, 0.15) is 12.4 Å². The first-order valence-electron chi connectivity index (χ1n) is 16.3. The van der Waals surface area contributed by atoms with Gasteiger partial charge in [0.15, 0.2) is 23.2 Å². The van der Waals surface area contributed by atoms with E-state index in [2.05, 4.69) is 4.90 Å². The van der Waals surface area contributed by atoms with Gasteiger partial charge in [-0.2, -0.15) is 0 Å². The van der Waals surface area contributed by atoms with Crippen molar-refractivity contribution in [2.45, 2.75) is 94.2 Å². The van der Waals surface area contributed by atoms with Gasteiger partial charge in [-0.1, -0.05) is 0 Å². The van der Waals surface area contributed by atoms with Gasteiger partial charge in [-0.25, -0.2) is 4.79 Å². The van der Waals surface area contributed by atoms with Crippen LogP contribution in [0.3, 0.4) is 0 Å². The summed E-state index contributed by atoms with van der Waals surface area (Å²) < 4.78 is 28.9. The third-order valence-electron chi connectivity index (χ3n) is 9.94. The molecule has 2 N–H and O–H groups in total. The van der Waals surface area contributed by atoms with E-state index in [-0.39, 0.29) is 44.3 Å². The summed E-state index contributed by atoms with van der Waals surface area (Å²) in [7, 11) is 1.53. The molecule has 0 aromatic heterocycles. The largest absolute Gasteiger partial charge is 0.497 e. The van der Waals surface area contributed by atoms with Crippen LogP contribution in [0.2, 0.25) is 0 Å². The number of esters is 2. The summed E-state index contributed by atoms with van der Waals surface area (Å²) in [4.78, 5) is 40.1. The maximum absolute atomic E-state index is 14.2. The first kappa shape index (κ1) is 33.7. The molecule has 1 saturated heterocycles. The highest BCUT2D eigenvalue weighted by Gasteiger charge is 2.59. The molecular weight excluding hydrogens is 624 g/mol. The summed E-state index contributed by atoms with van der Waals surface area (Å²) in [6.07, 6.45) is 3.29. The Bertz CT molecular complexity index is 1600. The van der Waals surface area contributed by atoms with E-state index in [4.69, 9.17) is 23.7 Å². The predicted octanol–water partition coefficient (Wildman–Crippen LogP) is 4.06. The quantitative estimate of drug-likeness (QED) is 0.190. The number of carbonyl (C=O) groups excluding carboxylic acids is 2. The number of hydrogen-bond donors (Lipinski definition) is 2. The minimum Gasteiger partial charge on any atom is -0.497 e. The zero-order valence-corrected chi connectivity index (χ0v) is 27.4. The highest BCUT2D eigenvalue weighted by molar-refractivity contribution is 5.86. The standard InChI is InChI=1S/C35H42N2O11/c1-33(2,40)11-4-13-35(41,19-29(38)45-20-22-6-8-24(9-7-22)37(42)43)32(39)48-31-28(44-3)18-34-12-5-14-36(34)15-10-23-16-26-27(47-21-46-26)17-25(23)30(31)34/h6-9,16-18,30-31,40-41H,4-5,10-15,19-21H2,1-3H3/t30-,31?,34?,35-/m1/s1. The number of ether oxygens (including phenoxy) is 5. The number of aliphatic hydroxyl groups is 2. The smallest absolute Gasteiger partial charge is 0.339 e. The molecule has 4 atom stereocenters. The summed E-state index contributed by atoms with van der Waals surface area (Å²) in [6, 6.07) is 9.48. The second-order valence-electron chi connectivity index (χ2n) is 13.7. The van der Waals surface area contributed by atoms with E-state index in [1.165, 1.54) is 31.4 Å². The fourth-order valence-electron chi connectivity index (χ4n) is 7.56. The molecule has 3 aliphatic heterocycles. The third-order valence-corrected chi connectivity index (χ3v) is 9.94. The molecule has 3 heterocycles. The van der Waals surface area contributed by atoms with Crippen molar-refractivity contribution >= 4 is 17.6 Å². The van der Waals surface area contributed by atoms with Crippen LogP contribution in [0.15, 0.2) is 48.2 Å². The third kappa shape index (κ3) is 6.58. The Balaban J connectivity index is 1.26.